The Morgan fingerprint density at radius 1 is 1.13 bits per heavy atom. The van der Waals surface area contributed by atoms with Crippen molar-refractivity contribution in [3.63, 3.8) is 0 Å². The molecule has 0 aromatic carbocycles. The second-order valence-electron chi connectivity index (χ2n) is 3.95. The van der Waals surface area contributed by atoms with Crippen LogP contribution in [-0.2, 0) is 10.0 Å². The van der Waals surface area contributed by atoms with Crippen LogP contribution in [0.25, 0.3) is 0 Å². The number of piperazine rings is 1. The summed E-state index contributed by atoms with van der Waals surface area (Å²) in [6, 6.07) is 0. The fourth-order valence-corrected chi connectivity index (χ4v) is 3.25. The summed E-state index contributed by atoms with van der Waals surface area (Å²) >= 11 is 0. The highest BCUT2D eigenvalue weighted by Gasteiger charge is 2.23. The number of nitrogens with zero attached hydrogens (tertiary/aromatic N) is 2. The molecule has 1 saturated heterocycles. The third-order valence-electron chi connectivity index (χ3n) is 2.66. The van der Waals surface area contributed by atoms with Crippen LogP contribution in [0.5, 0.6) is 0 Å². The molecular formula is C10H21N2O2S. The van der Waals surface area contributed by atoms with Gasteiger partial charge in [0.15, 0.2) is 0 Å². The van der Waals surface area contributed by atoms with E-state index < -0.39 is 10.0 Å². The quantitative estimate of drug-likeness (QED) is 0.638. The van der Waals surface area contributed by atoms with Gasteiger partial charge in [-0.15, -0.1) is 0 Å². The van der Waals surface area contributed by atoms with Gasteiger partial charge in [-0.05, 0) is 6.42 Å². The molecule has 0 atom stereocenters. The topological polar surface area (TPSA) is 51.5 Å². The van der Waals surface area contributed by atoms with Gasteiger partial charge in [-0.25, -0.2) is 13.7 Å². The standard InChI is InChI=1S/C10H21N2O2S/c1-2-3-4-5-10-15(13,14)12-8-6-11-7-9-12/h2-10H2,1H3. The predicted octanol–water partition coefficient (Wildman–Crippen LogP) is 0.817. The molecule has 0 amide bonds. The van der Waals surface area contributed by atoms with E-state index >= 15 is 0 Å². The number of hydrogen-bond acceptors (Lipinski definition) is 2. The molecule has 0 saturated carbocycles. The molecule has 0 N–H and O–H groups in total. The van der Waals surface area contributed by atoms with Crippen LogP contribution in [0.2, 0.25) is 0 Å². The van der Waals surface area contributed by atoms with E-state index in [0.29, 0.717) is 31.9 Å². The molecule has 1 fully saturated rings. The Kier molecular flexibility index (Phi) is 5.56. The average molecular weight is 233 g/mol. The molecular weight excluding hydrogens is 212 g/mol. The molecule has 4 nitrogen and oxygen atoms in total. The van der Waals surface area contributed by atoms with Crippen molar-refractivity contribution in [1.82, 2.24) is 9.62 Å². The minimum absolute atomic E-state index is 0.312. The van der Waals surface area contributed by atoms with Gasteiger partial charge in [0.25, 0.3) is 0 Å². The number of hydrogen-bond donors (Lipinski definition) is 0. The van der Waals surface area contributed by atoms with Crippen molar-refractivity contribution in [2.75, 3.05) is 31.9 Å². The third-order valence-corrected chi connectivity index (χ3v) is 4.62. The lowest BCUT2D eigenvalue weighted by molar-refractivity contribution is 0.355. The molecule has 89 valence electrons. The van der Waals surface area contributed by atoms with Gasteiger partial charge in [0, 0.05) is 26.2 Å². The summed E-state index contributed by atoms with van der Waals surface area (Å²) in [5.74, 6) is 0.312. The molecule has 1 rings (SSSR count). The summed E-state index contributed by atoms with van der Waals surface area (Å²) < 4.78 is 25.3. The molecule has 1 radical (unpaired) electrons. The van der Waals surface area contributed by atoms with Gasteiger partial charge in [-0.1, -0.05) is 26.2 Å². The lowest BCUT2D eigenvalue weighted by Gasteiger charge is -2.25. The van der Waals surface area contributed by atoms with E-state index in [1.54, 1.807) is 4.31 Å². The zero-order chi connectivity index (χ0) is 11.1. The zero-order valence-electron chi connectivity index (χ0n) is 9.48. The highest BCUT2D eigenvalue weighted by Crippen LogP contribution is 2.08. The van der Waals surface area contributed by atoms with Gasteiger partial charge in [0.2, 0.25) is 10.0 Å². The van der Waals surface area contributed by atoms with Crippen LogP contribution < -0.4 is 5.32 Å². The summed E-state index contributed by atoms with van der Waals surface area (Å²) in [5, 5.41) is 4.14. The Labute approximate surface area is 93.1 Å². The minimum Gasteiger partial charge on any atom is -0.239 e. The Morgan fingerprint density at radius 2 is 1.80 bits per heavy atom. The Balaban J connectivity index is 2.30. The number of rotatable bonds is 6. The normalized spacial score (nSPS) is 19.3. The van der Waals surface area contributed by atoms with Gasteiger partial charge < -0.3 is 0 Å². The summed E-state index contributed by atoms with van der Waals surface area (Å²) in [6.45, 7) is 4.61. The van der Waals surface area contributed by atoms with Crippen LogP contribution >= 0.6 is 0 Å². The monoisotopic (exact) mass is 233 g/mol. The number of sulfonamides is 1. The first-order valence-corrected chi connectivity index (χ1v) is 7.39. The van der Waals surface area contributed by atoms with E-state index in [1.165, 1.54) is 0 Å². The maximum atomic E-state index is 11.8. The molecule has 1 heterocycles. The van der Waals surface area contributed by atoms with Crippen molar-refractivity contribution in [3.05, 3.63) is 0 Å². The molecule has 1 aliphatic rings. The van der Waals surface area contributed by atoms with E-state index in [-0.39, 0.29) is 0 Å². The van der Waals surface area contributed by atoms with Crippen LogP contribution in [0.15, 0.2) is 0 Å². The lowest BCUT2D eigenvalue weighted by atomic mass is 10.2. The molecule has 0 aromatic heterocycles. The van der Waals surface area contributed by atoms with Crippen LogP contribution in [0, 0.1) is 0 Å². The fourth-order valence-electron chi connectivity index (χ4n) is 1.71. The molecule has 0 unspecified atom stereocenters. The first kappa shape index (κ1) is 12.9. The smallest absolute Gasteiger partial charge is 0.214 e. The molecule has 0 bridgehead atoms. The molecule has 0 aromatic rings. The highest BCUT2D eigenvalue weighted by molar-refractivity contribution is 7.89. The van der Waals surface area contributed by atoms with E-state index in [9.17, 15) is 8.42 Å². The minimum atomic E-state index is -2.99. The predicted molar refractivity (Wildman–Crippen MR) is 61.4 cm³/mol. The van der Waals surface area contributed by atoms with Crippen molar-refractivity contribution >= 4 is 10.0 Å². The largest absolute Gasteiger partial charge is 0.239 e. The van der Waals surface area contributed by atoms with E-state index in [2.05, 4.69) is 12.2 Å². The van der Waals surface area contributed by atoms with Crippen LogP contribution in [0.4, 0.5) is 0 Å². The lowest BCUT2D eigenvalue weighted by Crippen LogP contribution is -2.44. The average Bonchev–Trinajstić information content (AvgIpc) is 2.26. The Hall–Kier alpha value is -0.130. The summed E-state index contributed by atoms with van der Waals surface area (Å²) in [7, 11) is -2.99. The first-order valence-electron chi connectivity index (χ1n) is 5.78. The van der Waals surface area contributed by atoms with Crippen molar-refractivity contribution in [1.29, 1.82) is 0 Å². The fraction of sp³-hybridized carbons (Fsp3) is 1.00. The van der Waals surface area contributed by atoms with Crippen LogP contribution in [0.1, 0.15) is 32.6 Å². The van der Waals surface area contributed by atoms with Gasteiger partial charge in [0.1, 0.15) is 0 Å². The van der Waals surface area contributed by atoms with Crippen LogP contribution in [0.3, 0.4) is 0 Å². The highest BCUT2D eigenvalue weighted by atomic mass is 32.2. The maximum absolute atomic E-state index is 11.8. The second-order valence-corrected chi connectivity index (χ2v) is 6.04. The van der Waals surface area contributed by atoms with E-state index in [0.717, 1.165) is 25.7 Å². The van der Waals surface area contributed by atoms with Gasteiger partial charge in [-0.2, -0.15) is 4.31 Å². The molecule has 15 heavy (non-hydrogen) atoms. The molecule has 1 aliphatic heterocycles. The third kappa shape index (κ3) is 4.49. The SMILES string of the molecule is CCCCCCS(=O)(=O)N1CC[N]CC1. The van der Waals surface area contributed by atoms with Crippen molar-refractivity contribution in [2.45, 2.75) is 32.6 Å². The van der Waals surface area contributed by atoms with Crippen LogP contribution in [-0.4, -0.2) is 44.7 Å². The summed E-state index contributed by atoms with van der Waals surface area (Å²) in [6.07, 6.45) is 4.09. The van der Waals surface area contributed by atoms with E-state index in [1.807, 2.05) is 0 Å². The zero-order valence-corrected chi connectivity index (χ0v) is 10.3. The Morgan fingerprint density at radius 3 is 2.40 bits per heavy atom. The maximum Gasteiger partial charge on any atom is 0.214 e. The summed E-state index contributed by atoms with van der Waals surface area (Å²) in [5.41, 5.74) is 0. The van der Waals surface area contributed by atoms with Gasteiger partial charge in [0.05, 0.1) is 5.75 Å². The second kappa shape index (κ2) is 6.45. The van der Waals surface area contributed by atoms with Gasteiger partial charge >= 0.3 is 0 Å². The number of unbranched alkanes of at least 4 members (excludes halogenated alkanes) is 3. The first-order chi connectivity index (χ1) is 7.17. The summed E-state index contributed by atoms with van der Waals surface area (Å²) in [4.78, 5) is 0. The van der Waals surface area contributed by atoms with Crippen molar-refractivity contribution < 1.29 is 8.42 Å². The van der Waals surface area contributed by atoms with Crippen molar-refractivity contribution in [2.24, 2.45) is 0 Å². The Bertz CT molecular complexity index is 259. The molecule has 0 spiro atoms. The van der Waals surface area contributed by atoms with E-state index in [4.69, 9.17) is 0 Å². The molecule has 0 aliphatic carbocycles. The van der Waals surface area contributed by atoms with Gasteiger partial charge in [-0.3, -0.25) is 0 Å². The molecule has 5 heteroatoms. The van der Waals surface area contributed by atoms with Crippen molar-refractivity contribution in [3.8, 4) is 0 Å².